The van der Waals surface area contributed by atoms with Crippen molar-refractivity contribution in [2.45, 2.75) is 6.42 Å². The number of carboxylic acids is 1. The third-order valence-corrected chi connectivity index (χ3v) is 3.65. The summed E-state index contributed by atoms with van der Waals surface area (Å²) in [7, 11) is 4.54. The van der Waals surface area contributed by atoms with Gasteiger partial charge in [0, 0.05) is 12.0 Å². The Bertz CT molecular complexity index is 835. The summed E-state index contributed by atoms with van der Waals surface area (Å²) in [6.45, 7) is -0.0502. The summed E-state index contributed by atoms with van der Waals surface area (Å²) in [5.41, 5.74) is 2.01. The maximum atomic E-state index is 11.5. The van der Waals surface area contributed by atoms with Crippen molar-refractivity contribution in [1.29, 1.82) is 0 Å². The summed E-state index contributed by atoms with van der Waals surface area (Å²) in [6.07, 6.45) is 0.316. The molecule has 0 aliphatic carbocycles. The highest BCUT2D eigenvalue weighted by Crippen LogP contribution is 2.41. The quantitative estimate of drug-likeness (QED) is 0.774. The highest BCUT2D eigenvalue weighted by Gasteiger charge is 2.15. The van der Waals surface area contributed by atoms with E-state index in [9.17, 15) is 9.90 Å². The van der Waals surface area contributed by atoms with Gasteiger partial charge in [-0.25, -0.2) is 4.79 Å². The van der Waals surface area contributed by atoms with Crippen LogP contribution in [0.3, 0.4) is 0 Å². The van der Waals surface area contributed by atoms with Gasteiger partial charge in [-0.15, -0.1) is 0 Å². The van der Waals surface area contributed by atoms with E-state index < -0.39 is 5.97 Å². The van der Waals surface area contributed by atoms with Gasteiger partial charge in [0.15, 0.2) is 11.5 Å². The van der Waals surface area contributed by atoms with E-state index in [1.807, 2.05) is 0 Å². The zero-order valence-corrected chi connectivity index (χ0v) is 14.8. The van der Waals surface area contributed by atoms with E-state index in [1.165, 1.54) is 27.4 Å². The van der Waals surface area contributed by atoms with Gasteiger partial charge in [-0.3, -0.25) is 0 Å². The molecule has 0 aromatic heterocycles. The lowest BCUT2D eigenvalue weighted by atomic mass is 9.99. The lowest BCUT2D eigenvalue weighted by Gasteiger charge is -2.14. The van der Waals surface area contributed by atoms with E-state index in [4.69, 9.17) is 19.3 Å². The van der Waals surface area contributed by atoms with Crippen molar-refractivity contribution in [1.82, 2.24) is 0 Å². The molecule has 0 aliphatic rings. The van der Waals surface area contributed by atoms with Crippen LogP contribution in [0.2, 0.25) is 0 Å². The molecule has 0 radical (unpaired) electrons. The Morgan fingerprint density at radius 3 is 2.08 bits per heavy atom. The largest absolute Gasteiger partial charge is 0.493 e. The first-order valence-corrected chi connectivity index (χ1v) is 7.82. The van der Waals surface area contributed by atoms with Gasteiger partial charge in [0.1, 0.15) is 0 Å². The number of aromatic carboxylic acids is 1. The minimum atomic E-state index is -1.05. The summed E-state index contributed by atoms with van der Waals surface area (Å²) in [4.78, 5) is 11.5. The molecule has 2 aromatic rings. The van der Waals surface area contributed by atoms with Gasteiger partial charge in [0.25, 0.3) is 0 Å². The van der Waals surface area contributed by atoms with Crippen molar-refractivity contribution in [2.24, 2.45) is 0 Å². The summed E-state index contributed by atoms with van der Waals surface area (Å²) >= 11 is 0. The number of hydrogen-bond donors (Lipinski definition) is 2. The Kier molecular flexibility index (Phi) is 6.48. The highest BCUT2D eigenvalue weighted by atomic mass is 16.5. The number of rotatable bonds is 6. The SMILES string of the molecule is COc1cc(-c2cc(C#CCCO)cc(C(=O)O)c2)cc(OC)c1OC. The number of ether oxygens (including phenoxy) is 3. The van der Waals surface area contributed by atoms with Crippen LogP contribution in [0.1, 0.15) is 22.3 Å². The predicted octanol–water partition coefficient (Wildman–Crippen LogP) is 2.81. The number of carboxylic acid groups (broad SMARTS) is 1. The highest BCUT2D eigenvalue weighted by molar-refractivity contribution is 5.90. The lowest BCUT2D eigenvalue weighted by Crippen LogP contribution is -1.99. The summed E-state index contributed by atoms with van der Waals surface area (Å²) < 4.78 is 16.0. The maximum Gasteiger partial charge on any atom is 0.335 e. The molecule has 2 aromatic carbocycles. The van der Waals surface area contributed by atoms with Gasteiger partial charge in [0.05, 0.1) is 33.5 Å². The first-order valence-electron chi connectivity index (χ1n) is 7.82. The third kappa shape index (κ3) is 4.26. The molecule has 0 amide bonds. The van der Waals surface area contributed by atoms with Gasteiger partial charge in [-0.1, -0.05) is 11.8 Å². The van der Waals surface area contributed by atoms with Crippen molar-refractivity contribution in [2.75, 3.05) is 27.9 Å². The molecule has 2 rings (SSSR count). The molecule has 0 aliphatic heterocycles. The monoisotopic (exact) mass is 356 g/mol. The van der Waals surface area contributed by atoms with Crippen LogP contribution in [-0.2, 0) is 0 Å². The standard InChI is InChI=1S/C20H20O6/c1-24-17-11-15(12-18(25-2)19(17)26-3)14-8-13(6-4-5-7-21)9-16(10-14)20(22)23/h8-12,21H,5,7H2,1-3H3,(H,22,23). The van der Waals surface area contributed by atoms with Crippen molar-refractivity contribution in [3.05, 3.63) is 41.5 Å². The van der Waals surface area contributed by atoms with Crippen LogP contribution in [0.4, 0.5) is 0 Å². The minimum Gasteiger partial charge on any atom is -0.493 e. The first kappa shape index (κ1) is 19.2. The van der Waals surface area contributed by atoms with E-state index in [0.717, 1.165) is 0 Å². The molecule has 6 heteroatoms. The minimum absolute atomic E-state index is 0.0502. The second kappa shape index (κ2) is 8.79. The molecule has 0 saturated heterocycles. The Morgan fingerprint density at radius 2 is 1.58 bits per heavy atom. The number of carbonyl (C=O) groups is 1. The van der Waals surface area contributed by atoms with E-state index in [0.29, 0.717) is 40.4 Å². The summed E-state index contributed by atoms with van der Waals surface area (Å²) in [6, 6.07) is 8.31. The van der Waals surface area contributed by atoms with E-state index in [1.54, 1.807) is 24.3 Å². The van der Waals surface area contributed by atoms with Crippen molar-refractivity contribution in [3.8, 4) is 40.2 Å². The Labute approximate surface area is 151 Å². The Hall–Kier alpha value is -3.17. The summed E-state index contributed by atoms with van der Waals surface area (Å²) in [5, 5.41) is 18.2. The fraction of sp³-hybridized carbons (Fsp3) is 0.250. The molecule has 0 saturated carbocycles. The van der Waals surface area contributed by atoms with Crippen LogP contribution < -0.4 is 14.2 Å². The summed E-state index contributed by atoms with van der Waals surface area (Å²) in [5.74, 6) is 6.01. The molecule has 0 fully saturated rings. The number of methoxy groups -OCH3 is 3. The van der Waals surface area contributed by atoms with Gasteiger partial charge < -0.3 is 24.4 Å². The topological polar surface area (TPSA) is 85.2 Å². The smallest absolute Gasteiger partial charge is 0.335 e. The molecule has 0 unspecified atom stereocenters. The zero-order chi connectivity index (χ0) is 19.1. The number of aliphatic hydroxyl groups is 1. The average molecular weight is 356 g/mol. The second-order valence-corrected chi connectivity index (χ2v) is 5.29. The number of benzene rings is 2. The van der Waals surface area contributed by atoms with Crippen LogP contribution in [0.15, 0.2) is 30.3 Å². The van der Waals surface area contributed by atoms with Crippen molar-refractivity contribution >= 4 is 5.97 Å². The van der Waals surface area contributed by atoms with Crippen LogP contribution in [-0.4, -0.2) is 44.1 Å². The molecular formula is C20H20O6. The van der Waals surface area contributed by atoms with E-state index in [-0.39, 0.29) is 12.2 Å². The fourth-order valence-corrected chi connectivity index (χ4v) is 2.46. The van der Waals surface area contributed by atoms with Gasteiger partial charge in [-0.2, -0.15) is 0 Å². The molecule has 0 heterocycles. The van der Waals surface area contributed by atoms with Crippen molar-refractivity contribution < 1.29 is 29.2 Å². The zero-order valence-electron chi connectivity index (χ0n) is 14.8. The number of hydrogen-bond acceptors (Lipinski definition) is 5. The molecular weight excluding hydrogens is 336 g/mol. The predicted molar refractivity (Wildman–Crippen MR) is 97.1 cm³/mol. The van der Waals surface area contributed by atoms with E-state index in [2.05, 4.69) is 11.8 Å². The molecule has 6 nitrogen and oxygen atoms in total. The average Bonchev–Trinajstić information content (AvgIpc) is 2.66. The molecule has 0 bridgehead atoms. The molecule has 2 N–H and O–H groups in total. The van der Waals surface area contributed by atoms with Gasteiger partial charge in [0.2, 0.25) is 5.75 Å². The van der Waals surface area contributed by atoms with Crippen LogP contribution in [0.5, 0.6) is 17.2 Å². The Balaban J connectivity index is 2.63. The van der Waals surface area contributed by atoms with Crippen molar-refractivity contribution in [3.63, 3.8) is 0 Å². The van der Waals surface area contributed by atoms with E-state index >= 15 is 0 Å². The molecule has 0 spiro atoms. The molecule has 136 valence electrons. The van der Waals surface area contributed by atoms with Gasteiger partial charge >= 0.3 is 5.97 Å². The maximum absolute atomic E-state index is 11.5. The Morgan fingerprint density at radius 1 is 0.962 bits per heavy atom. The fourth-order valence-electron chi connectivity index (χ4n) is 2.46. The molecule has 0 atom stereocenters. The normalized spacial score (nSPS) is 9.85. The lowest BCUT2D eigenvalue weighted by molar-refractivity contribution is 0.0697. The number of aliphatic hydroxyl groups excluding tert-OH is 1. The second-order valence-electron chi connectivity index (χ2n) is 5.29. The van der Waals surface area contributed by atoms with Crippen LogP contribution >= 0.6 is 0 Å². The van der Waals surface area contributed by atoms with Crippen LogP contribution in [0.25, 0.3) is 11.1 Å². The van der Waals surface area contributed by atoms with Crippen LogP contribution in [0, 0.1) is 11.8 Å². The third-order valence-electron chi connectivity index (χ3n) is 3.65. The molecule has 26 heavy (non-hydrogen) atoms. The van der Waals surface area contributed by atoms with Gasteiger partial charge in [-0.05, 0) is 41.5 Å². The first-order chi connectivity index (χ1) is 12.5.